The minimum absolute atomic E-state index is 0.0595. The van der Waals surface area contributed by atoms with Crippen molar-refractivity contribution in [1.29, 1.82) is 0 Å². The largest absolute Gasteiger partial charge is 0.379 e. The highest BCUT2D eigenvalue weighted by Gasteiger charge is 2.20. The van der Waals surface area contributed by atoms with Gasteiger partial charge in [0.15, 0.2) is 0 Å². The van der Waals surface area contributed by atoms with Gasteiger partial charge in [-0.25, -0.2) is 4.98 Å². The fourth-order valence-corrected chi connectivity index (χ4v) is 4.24. The van der Waals surface area contributed by atoms with Crippen LogP contribution < -0.4 is 9.50 Å². The van der Waals surface area contributed by atoms with E-state index in [-0.39, 0.29) is 21.9 Å². The molecular formula is C22H15ClN4O6S. The molecule has 0 aliphatic heterocycles. The quantitative estimate of drug-likeness (QED) is 0.226. The van der Waals surface area contributed by atoms with E-state index in [1.807, 2.05) is 0 Å². The van der Waals surface area contributed by atoms with Gasteiger partial charge in [0, 0.05) is 35.8 Å². The van der Waals surface area contributed by atoms with Crippen LogP contribution in [0.1, 0.15) is 10.4 Å². The normalized spacial score (nSPS) is 11.1. The fourth-order valence-electron chi connectivity index (χ4n) is 2.99. The van der Waals surface area contributed by atoms with Gasteiger partial charge in [0.1, 0.15) is 10.6 Å². The molecule has 12 heteroatoms. The molecule has 3 aromatic carbocycles. The molecule has 1 aromatic heterocycles. The Bertz CT molecular complexity index is 1470. The second-order valence-electron chi connectivity index (χ2n) is 6.91. The molecule has 4 rings (SSSR count). The monoisotopic (exact) mass is 498 g/mol. The summed E-state index contributed by atoms with van der Waals surface area (Å²) >= 11 is 6.30. The molecule has 1 heterocycles. The Hall–Kier alpha value is -4.22. The van der Waals surface area contributed by atoms with E-state index < -0.39 is 20.9 Å². The molecule has 0 saturated carbocycles. The van der Waals surface area contributed by atoms with E-state index in [2.05, 4.69) is 10.3 Å². The molecule has 4 aromatic rings. The third kappa shape index (κ3) is 5.05. The summed E-state index contributed by atoms with van der Waals surface area (Å²) in [4.78, 5) is 26.3. The summed E-state index contributed by atoms with van der Waals surface area (Å²) in [6.07, 6.45) is 4.96. The van der Waals surface area contributed by atoms with Crippen LogP contribution in [0.5, 0.6) is 5.75 Å². The van der Waals surface area contributed by atoms with Crippen LogP contribution in [0.25, 0.3) is 5.69 Å². The van der Waals surface area contributed by atoms with Crippen LogP contribution in [-0.2, 0) is 10.1 Å². The summed E-state index contributed by atoms with van der Waals surface area (Å²) in [7, 11) is -4.30. The molecule has 0 bridgehead atoms. The van der Waals surface area contributed by atoms with Gasteiger partial charge in [0.25, 0.3) is 11.6 Å². The molecule has 0 atom stereocenters. The summed E-state index contributed by atoms with van der Waals surface area (Å²) in [5, 5.41) is 14.0. The van der Waals surface area contributed by atoms with Gasteiger partial charge in [-0.2, -0.15) is 8.42 Å². The van der Waals surface area contributed by atoms with Gasteiger partial charge in [0.2, 0.25) is 0 Å². The molecule has 0 aliphatic carbocycles. The number of anilines is 1. The number of carbonyl (C=O) groups is 1. The third-order valence-electron chi connectivity index (χ3n) is 4.63. The van der Waals surface area contributed by atoms with Crippen molar-refractivity contribution in [3.8, 4) is 11.4 Å². The molecule has 34 heavy (non-hydrogen) atoms. The van der Waals surface area contributed by atoms with Crippen LogP contribution in [0.15, 0.2) is 90.3 Å². The van der Waals surface area contributed by atoms with E-state index in [4.69, 9.17) is 15.8 Å². The van der Waals surface area contributed by atoms with Crippen LogP contribution in [-0.4, -0.2) is 28.8 Å². The number of nitrogens with zero attached hydrogens (tertiary/aromatic N) is 3. The van der Waals surface area contributed by atoms with Crippen molar-refractivity contribution in [3.63, 3.8) is 0 Å². The number of nitro groups is 1. The van der Waals surface area contributed by atoms with Gasteiger partial charge in [-0.15, -0.1) is 0 Å². The molecule has 0 fully saturated rings. The van der Waals surface area contributed by atoms with E-state index in [9.17, 15) is 23.3 Å². The fraction of sp³-hybridized carbons (Fsp3) is 0. The summed E-state index contributed by atoms with van der Waals surface area (Å²) in [5.41, 5.74) is 1.03. The smallest absolute Gasteiger partial charge is 0.339 e. The first-order valence-corrected chi connectivity index (χ1v) is 11.4. The maximum absolute atomic E-state index is 12.6. The number of hydrogen-bond acceptors (Lipinski definition) is 7. The second-order valence-corrected chi connectivity index (χ2v) is 8.86. The minimum Gasteiger partial charge on any atom is -0.379 e. The van der Waals surface area contributed by atoms with Crippen molar-refractivity contribution in [1.82, 2.24) is 9.55 Å². The molecule has 0 unspecified atom stereocenters. The lowest BCUT2D eigenvalue weighted by Crippen LogP contribution is -2.13. The molecule has 1 N–H and O–H groups in total. The van der Waals surface area contributed by atoms with Crippen LogP contribution in [0.3, 0.4) is 0 Å². The second kappa shape index (κ2) is 9.33. The van der Waals surface area contributed by atoms with Gasteiger partial charge >= 0.3 is 10.1 Å². The SMILES string of the molecule is O=C(Nc1ccc(-n2ccnc2)c(Cl)c1)c1ccc(OS(=O)(=O)c2cccc([N+](=O)[O-])c2)cc1. The van der Waals surface area contributed by atoms with E-state index in [1.54, 1.807) is 41.5 Å². The van der Waals surface area contributed by atoms with Crippen molar-refractivity contribution in [2.24, 2.45) is 0 Å². The molecule has 0 saturated heterocycles. The number of halogens is 1. The van der Waals surface area contributed by atoms with E-state index >= 15 is 0 Å². The number of carbonyl (C=O) groups excluding carboxylic acids is 1. The van der Waals surface area contributed by atoms with E-state index in [0.29, 0.717) is 16.4 Å². The lowest BCUT2D eigenvalue weighted by molar-refractivity contribution is -0.385. The van der Waals surface area contributed by atoms with E-state index in [1.165, 1.54) is 42.5 Å². The van der Waals surface area contributed by atoms with Crippen molar-refractivity contribution < 1.29 is 22.3 Å². The van der Waals surface area contributed by atoms with Crippen molar-refractivity contribution in [2.45, 2.75) is 4.90 Å². The Balaban J connectivity index is 1.45. The predicted octanol–water partition coefficient (Wildman–Crippen LogP) is 4.45. The highest BCUT2D eigenvalue weighted by atomic mass is 35.5. The first-order valence-electron chi connectivity index (χ1n) is 9.61. The molecule has 1 amide bonds. The van der Waals surface area contributed by atoms with Crippen molar-refractivity contribution in [3.05, 3.63) is 106 Å². The van der Waals surface area contributed by atoms with Gasteiger partial charge in [-0.1, -0.05) is 17.7 Å². The van der Waals surface area contributed by atoms with Crippen LogP contribution >= 0.6 is 11.6 Å². The Morgan fingerprint density at radius 3 is 2.50 bits per heavy atom. The zero-order valence-corrected chi connectivity index (χ0v) is 18.7. The average Bonchev–Trinajstić information content (AvgIpc) is 3.34. The maximum Gasteiger partial charge on any atom is 0.339 e. The first kappa shape index (κ1) is 23.0. The summed E-state index contributed by atoms with van der Waals surface area (Å²) in [6, 6.07) is 14.9. The van der Waals surface area contributed by atoms with Gasteiger partial charge in [-0.05, 0) is 48.5 Å². The van der Waals surface area contributed by atoms with Crippen LogP contribution in [0.4, 0.5) is 11.4 Å². The zero-order valence-electron chi connectivity index (χ0n) is 17.2. The van der Waals surface area contributed by atoms with Gasteiger partial charge in [-0.3, -0.25) is 14.9 Å². The zero-order chi connectivity index (χ0) is 24.3. The van der Waals surface area contributed by atoms with Crippen molar-refractivity contribution in [2.75, 3.05) is 5.32 Å². The van der Waals surface area contributed by atoms with Crippen LogP contribution in [0, 0.1) is 10.1 Å². The topological polar surface area (TPSA) is 133 Å². The average molecular weight is 499 g/mol. The molecule has 0 spiro atoms. The Morgan fingerprint density at radius 1 is 1.09 bits per heavy atom. The Labute approximate surface area is 198 Å². The molecule has 172 valence electrons. The molecule has 0 radical (unpaired) electrons. The van der Waals surface area contributed by atoms with E-state index in [0.717, 1.165) is 6.07 Å². The molecular weight excluding hydrogens is 484 g/mol. The summed E-state index contributed by atoms with van der Waals surface area (Å²) in [6.45, 7) is 0. The number of imidazole rings is 1. The lowest BCUT2D eigenvalue weighted by atomic mass is 10.2. The summed E-state index contributed by atoms with van der Waals surface area (Å²) in [5.74, 6) is -0.504. The number of hydrogen-bond donors (Lipinski definition) is 1. The Morgan fingerprint density at radius 2 is 1.85 bits per heavy atom. The maximum atomic E-state index is 12.6. The predicted molar refractivity (Wildman–Crippen MR) is 124 cm³/mol. The highest BCUT2D eigenvalue weighted by molar-refractivity contribution is 7.87. The molecule has 10 nitrogen and oxygen atoms in total. The number of rotatable bonds is 7. The number of amides is 1. The summed E-state index contributed by atoms with van der Waals surface area (Å²) < 4.78 is 31.6. The molecule has 0 aliphatic rings. The third-order valence-corrected chi connectivity index (χ3v) is 6.17. The van der Waals surface area contributed by atoms with Gasteiger partial charge in [0.05, 0.1) is 22.0 Å². The number of aromatic nitrogens is 2. The first-order chi connectivity index (χ1) is 16.2. The standard InChI is InChI=1S/C22H15ClN4O6S/c23-20-12-16(6-9-21(20)26-11-10-24-14-26)25-22(28)15-4-7-18(8-5-15)33-34(31,32)19-3-1-2-17(13-19)27(29)30/h1-14H,(H,25,28). The number of non-ortho nitro benzene ring substituents is 1. The number of nitrogens with one attached hydrogen (secondary N) is 1. The number of nitro benzene ring substituents is 1. The highest BCUT2D eigenvalue weighted by Crippen LogP contribution is 2.25. The Kier molecular flexibility index (Phi) is 6.30. The number of benzene rings is 3. The lowest BCUT2D eigenvalue weighted by Gasteiger charge is -2.10. The van der Waals surface area contributed by atoms with Crippen molar-refractivity contribution >= 4 is 39.0 Å². The minimum atomic E-state index is -4.30. The van der Waals surface area contributed by atoms with Crippen LogP contribution in [0.2, 0.25) is 5.02 Å². The van der Waals surface area contributed by atoms with Gasteiger partial charge < -0.3 is 14.1 Å².